The van der Waals surface area contributed by atoms with Crippen LogP contribution in [0, 0.1) is 0 Å². The predicted octanol–water partition coefficient (Wildman–Crippen LogP) is 3.60. The number of carbonyl (C=O) groups is 2. The van der Waals surface area contributed by atoms with Gasteiger partial charge in [-0.25, -0.2) is 27.2 Å². The van der Waals surface area contributed by atoms with E-state index in [1.165, 1.54) is 11.3 Å². The van der Waals surface area contributed by atoms with Crippen LogP contribution >= 0.6 is 11.3 Å². The Morgan fingerprint density at radius 3 is 2.37 bits per heavy atom. The van der Waals surface area contributed by atoms with E-state index in [1.807, 2.05) is 0 Å². The molecule has 1 atom stereocenters. The number of halogens is 4. The molecule has 1 fully saturated rings. The van der Waals surface area contributed by atoms with Crippen LogP contribution in [0.25, 0.3) is 0 Å². The monoisotopic (exact) mass is 404 g/mol. The Morgan fingerprint density at radius 2 is 1.85 bits per heavy atom. The summed E-state index contributed by atoms with van der Waals surface area (Å²) in [4.78, 5) is 28.2. The summed E-state index contributed by atoms with van der Waals surface area (Å²) < 4.78 is 52.8. The van der Waals surface area contributed by atoms with E-state index in [-0.39, 0.29) is 5.92 Å². The molecule has 1 aliphatic rings. The third-order valence-electron chi connectivity index (χ3n) is 4.52. The van der Waals surface area contributed by atoms with Crippen molar-refractivity contribution in [1.29, 1.82) is 0 Å². The van der Waals surface area contributed by atoms with Gasteiger partial charge in [0.25, 0.3) is 12.9 Å². The fraction of sp³-hybridized carbons (Fsp3) is 0.500. The van der Waals surface area contributed by atoms with Crippen LogP contribution in [0.4, 0.5) is 17.6 Å². The second-order valence-electron chi connectivity index (χ2n) is 6.13. The summed E-state index contributed by atoms with van der Waals surface area (Å²) in [7, 11) is 0. The first-order chi connectivity index (χ1) is 12.9. The van der Waals surface area contributed by atoms with Crippen LogP contribution in [-0.2, 0) is 4.79 Å². The summed E-state index contributed by atoms with van der Waals surface area (Å²) in [5.41, 5.74) is -1.13. The Labute approximate surface area is 155 Å². The fourth-order valence-corrected chi connectivity index (χ4v) is 4.10. The van der Waals surface area contributed by atoms with E-state index in [1.54, 1.807) is 10.3 Å². The number of hydrogen-bond acceptors (Lipinski definition) is 6. The van der Waals surface area contributed by atoms with Gasteiger partial charge in [-0.05, 0) is 18.9 Å². The van der Waals surface area contributed by atoms with Crippen molar-refractivity contribution in [1.82, 2.24) is 19.7 Å². The summed E-state index contributed by atoms with van der Waals surface area (Å²) in [5.74, 6) is 0.0936. The highest BCUT2D eigenvalue weighted by atomic mass is 32.1. The number of carbonyl (C=O) groups excluding carboxylic acids is 2. The van der Waals surface area contributed by atoms with Crippen molar-refractivity contribution >= 4 is 23.9 Å². The summed E-state index contributed by atoms with van der Waals surface area (Å²) in [6, 6.07) is 0.634. The van der Waals surface area contributed by atoms with Crippen LogP contribution in [0.5, 0.6) is 0 Å². The maximum Gasteiger partial charge on any atom is 0.282 e. The molecule has 0 aliphatic carbocycles. The number of alkyl halides is 4. The molecule has 1 unspecified atom stereocenters. The standard InChI is InChI=1S/C16H16F4N4O2S/c17-14(18)11-5-12(15(19)20)24(22-11)13(7-26)23-3-1-9(2-4-23)16-21-10(6-25)8-27-16/h5-9,13-15H,1-4H2. The van der Waals surface area contributed by atoms with Crippen LogP contribution in [0.1, 0.15) is 64.7 Å². The average Bonchev–Trinajstić information content (AvgIpc) is 3.30. The van der Waals surface area contributed by atoms with Crippen molar-refractivity contribution in [3.8, 4) is 0 Å². The zero-order valence-electron chi connectivity index (χ0n) is 14.0. The number of thiazole rings is 1. The Morgan fingerprint density at radius 1 is 1.15 bits per heavy atom. The first kappa shape index (κ1) is 19.6. The number of nitrogens with zero attached hydrogens (tertiary/aromatic N) is 4. The molecule has 0 bridgehead atoms. The normalized spacial score (nSPS) is 17.6. The lowest BCUT2D eigenvalue weighted by Crippen LogP contribution is -2.40. The molecule has 146 valence electrons. The third-order valence-corrected chi connectivity index (χ3v) is 5.54. The second kappa shape index (κ2) is 8.26. The van der Waals surface area contributed by atoms with Gasteiger partial charge in [-0.2, -0.15) is 5.10 Å². The lowest BCUT2D eigenvalue weighted by molar-refractivity contribution is -0.116. The molecule has 0 radical (unpaired) electrons. The molecule has 0 N–H and O–H groups in total. The Kier molecular flexibility index (Phi) is 6.00. The van der Waals surface area contributed by atoms with Crippen molar-refractivity contribution in [3.05, 3.63) is 33.5 Å². The zero-order valence-corrected chi connectivity index (χ0v) is 14.8. The minimum absolute atomic E-state index is 0.0936. The Hall–Kier alpha value is -2.14. The van der Waals surface area contributed by atoms with E-state index >= 15 is 0 Å². The summed E-state index contributed by atoms with van der Waals surface area (Å²) in [6.45, 7) is 0.771. The molecule has 1 aliphatic heterocycles. The summed E-state index contributed by atoms with van der Waals surface area (Å²) >= 11 is 1.37. The molecule has 2 aromatic rings. The smallest absolute Gasteiger partial charge is 0.282 e. The summed E-state index contributed by atoms with van der Waals surface area (Å²) in [5, 5.41) is 6.01. The minimum Gasteiger partial charge on any atom is -0.299 e. The number of hydrogen-bond donors (Lipinski definition) is 0. The summed E-state index contributed by atoms with van der Waals surface area (Å²) in [6.07, 6.45) is -4.90. The van der Waals surface area contributed by atoms with Crippen molar-refractivity contribution in [3.63, 3.8) is 0 Å². The first-order valence-electron chi connectivity index (χ1n) is 8.20. The lowest BCUT2D eigenvalue weighted by atomic mass is 9.97. The van der Waals surface area contributed by atoms with Gasteiger partial charge in [-0.15, -0.1) is 11.3 Å². The van der Waals surface area contributed by atoms with Gasteiger partial charge >= 0.3 is 0 Å². The average molecular weight is 404 g/mol. The molecular weight excluding hydrogens is 388 g/mol. The van der Waals surface area contributed by atoms with E-state index in [9.17, 15) is 27.2 Å². The van der Waals surface area contributed by atoms with Crippen LogP contribution < -0.4 is 0 Å². The number of aromatic nitrogens is 3. The first-order valence-corrected chi connectivity index (χ1v) is 9.08. The van der Waals surface area contributed by atoms with Gasteiger partial charge in [0.1, 0.15) is 17.1 Å². The quantitative estimate of drug-likeness (QED) is 0.521. The molecule has 0 spiro atoms. The maximum atomic E-state index is 13.2. The largest absolute Gasteiger partial charge is 0.299 e. The van der Waals surface area contributed by atoms with Gasteiger partial charge in [0, 0.05) is 24.4 Å². The zero-order chi connectivity index (χ0) is 19.6. The number of rotatable bonds is 7. The topological polar surface area (TPSA) is 68.1 Å². The van der Waals surface area contributed by atoms with Gasteiger partial charge in [0.05, 0.1) is 5.01 Å². The van der Waals surface area contributed by atoms with E-state index in [4.69, 9.17) is 0 Å². The van der Waals surface area contributed by atoms with E-state index in [2.05, 4.69) is 10.1 Å². The number of aldehydes is 2. The van der Waals surface area contributed by atoms with Crippen LogP contribution in [0.2, 0.25) is 0 Å². The molecule has 1 saturated heterocycles. The van der Waals surface area contributed by atoms with Crippen molar-refractivity contribution in [2.45, 2.75) is 37.8 Å². The molecule has 0 saturated carbocycles. The van der Waals surface area contributed by atoms with Crippen molar-refractivity contribution in [2.75, 3.05) is 13.1 Å². The third kappa shape index (κ3) is 4.08. The van der Waals surface area contributed by atoms with Crippen LogP contribution in [0.3, 0.4) is 0 Å². The molecule has 2 aromatic heterocycles. The molecule has 0 amide bonds. The molecule has 3 heterocycles. The van der Waals surface area contributed by atoms with Gasteiger partial charge in [0.15, 0.2) is 18.7 Å². The van der Waals surface area contributed by atoms with Crippen molar-refractivity contribution in [2.24, 2.45) is 0 Å². The highest BCUT2D eigenvalue weighted by Crippen LogP contribution is 2.33. The van der Waals surface area contributed by atoms with E-state index in [0.717, 1.165) is 5.01 Å². The van der Waals surface area contributed by atoms with Crippen molar-refractivity contribution < 1.29 is 27.2 Å². The van der Waals surface area contributed by atoms with Gasteiger partial charge in [-0.1, -0.05) is 0 Å². The van der Waals surface area contributed by atoms with Gasteiger partial charge in [0.2, 0.25) is 0 Å². The predicted molar refractivity (Wildman–Crippen MR) is 88.3 cm³/mol. The fourth-order valence-electron chi connectivity index (χ4n) is 3.16. The van der Waals surface area contributed by atoms with Gasteiger partial charge < -0.3 is 0 Å². The number of piperidine rings is 1. The Bertz CT molecular complexity index is 802. The molecule has 6 nitrogen and oxygen atoms in total. The highest BCUT2D eigenvalue weighted by Gasteiger charge is 2.32. The van der Waals surface area contributed by atoms with Crippen LogP contribution in [-0.4, -0.2) is 45.3 Å². The number of likely N-dealkylation sites (tertiary alicyclic amines) is 1. The van der Waals surface area contributed by atoms with E-state index < -0.39 is 30.4 Å². The minimum atomic E-state index is -3.03. The highest BCUT2D eigenvalue weighted by molar-refractivity contribution is 7.09. The van der Waals surface area contributed by atoms with Crippen LogP contribution in [0.15, 0.2) is 11.4 Å². The van der Waals surface area contributed by atoms with Gasteiger partial charge in [-0.3, -0.25) is 14.5 Å². The molecular formula is C16H16F4N4O2S. The SMILES string of the molecule is O=Cc1csc(C2CCN(C(C=O)n3nc(C(F)F)cc3C(F)F)CC2)n1. The second-order valence-corrected chi connectivity index (χ2v) is 7.02. The molecule has 27 heavy (non-hydrogen) atoms. The maximum absolute atomic E-state index is 13.2. The molecule has 0 aromatic carbocycles. The molecule has 3 rings (SSSR count). The lowest BCUT2D eigenvalue weighted by Gasteiger charge is -2.35. The van der Waals surface area contributed by atoms with E-state index in [0.29, 0.717) is 54.9 Å². The Balaban J connectivity index is 1.76. The molecule has 11 heteroatoms.